The molecule has 0 saturated carbocycles. The Kier molecular flexibility index (Phi) is 4.74. The van der Waals surface area contributed by atoms with Crippen LogP contribution in [0.15, 0.2) is 18.2 Å². The van der Waals surface area contributed by atoms with Crippen LogP contribution in [0, 0.1) is 11.7 Å². The van der Waals surface area contributed by atoms with Crippen molar-refractivity contribution in [2.45, 2.75) is 12.8 Å². The standard InChI is InChI=1S/C14H18FN3O3/c15-11-7-10(1-2-12(11)17-13(19)8-16)18-5-3-9(4-6-18)14(20)21/h1-2,7,9H,3-6,8,16H2,(H,17,19)(H,20,21). The van der Waals surface area contributed by atoms with Gasteiger partial charge in [-0.15, -0.1) is 0 Å². The van der Waals surface area contributed by atoms with Gasteiger partial charge in [-0.05, 0) is 31.0 Å². The molecule has 21 heavy (non-hydrogen) atoms. The van der Waals surface area contributed by atoms with E-state index in [1.54, 1.807) is 6.07 Å². The van der Waals surface area contributed by atoms with Crippen LogP contribution < -0.4 is 16.0 Å². The average Bonchev–Trinajstić information content (AvgIpc) is 2.49. The Balaban J connectivity index is 2.04. The topological polar surface area (TPSA) is 95.7 Å². The fourth-order valence-electron chi connectivity index (χ4n) is 2.39. The van der Waals surface area contributed by atoms with Crippen LogP contribution in [0.4, 0.5) is 15.8 Å². The van der Waals surface area contributed by atoms with E-state index in [1.165, 1.54) is 12.1 Å². The van der Waals surface area contributed by atoms with E-state index in [-0.39, 0.29) is 18.2 Å². The molecule has 1 aliphatic heterocycles. The SMILES string of the molecule is NCC(=O)Nc1ccc(N2CCC(C(=O)O)CC2)cc1F. The number of halogens is 1. The number of amides is 1. The highest BCUT2D eigenvalue weighted by molar-refractivity contribution is 5.92. The second-order valence-electron chi connectivity index (χ2n) is 5.02. The number of carboxylic acid groups (broad SMARTS) is 1. The summed E-state index contributed by atoms with van der Waals surface area (Å²) in [5.74, 6) is -2.09. The number of nitrogens with zero attached hydrogens (tertiary/aromatic N) is 1. The Morgan fingerprint density at radius 1 is 1.38 bits per heavy atom. The van der Waals surface area contributed by atoms with Gasteiger partial charge in [-0.2, -0.15) is 0 Å². The molecule has 0 spiro atoms. The van der Waals surface area contributed by atoms with Crippen LogP contribution in [-0.2, 0) is 9.59 Å². The summed E-state index contributed by atoms with van der Waals surface area (Å²) in [5.41, 5.74) is 5.94. The van der Waals surface area contributed by atoms with Crippen LogP contribution >= 0.6 is 0 Å². The van der Waals surface area contributed by atoms with Crippen molar-refractivity contribution in [3.63, 3.8) is 0 Å². The van der Waals surface area contributed by atoms with Crippen LogP contribution in [0.25, 0.3) is 0 Å². The zero-order valence-corrected chi connectivity index (χ0v) is 11.5. The molecule has 0 aromatic heterocycles. The maximum absolute atomic E-state index is 13.9. The highest BCUT2D eigenvalue weighted by Gasteiger charge is 2.24. The number of rotatable bonds is 4. The van der Waals surface area contributed by atoms with Crippen LogP contribution in [-0.4, -0.2) is 36.6 Å². The summed E-state index contributed by atoms with van der Waals surface area (Å²) in [7, 11) is 0. The predicted molar refractivity (Wildman–Crippen MR) is 76.7 cm³/mol. The highest BCUT2D eigenvalue weighted by atomic mass is 19.1. The van der Waals surface area contributed by atoms with Gasteiger partial charge in [0.05, 0.1) is 18.2 Å². The Labute approximate surface area is 121 Å². The third-order valence-electron chi connectivity index (χ3n) is 3.62. The summed E-state index contributed by atoms with van der Waals surface area (Å²) in [4.78, 5) is 24.0. The highest BCUT2D eigenvalue weighted by Crippen LogP contribution is 2.26. The first-order chi connectivity index (χ1) is 10.0. The molecule has 2 rings (SSSR count). The number of hydrogen-bond donors (Lipinski definition) is 3. The summed E-state index contributed by atoms with van der Waals surface area (Å²) in [6, 6.07) is 4.53. The van der Waals surface area contributed by atoms with Crippen molar-refractivity contribution in [2.24, 2.45) is 11.7 Å². The summed E-state index contributed by atoms with van der Waals surface area (Å²) in [5, 5.41) is 11.3. The lowest BCUT2D eigenvalue weighted by Gasteiger charge is -2.32. The second kappa shape index (κ2) is 6.53. The summed E-state index contributed by atoms with van der Waals surface area (Å²) in [6.45, 7) is 0.944. The van der Waals surface area contributed by atoms with Gasteiger partial charge >= 0.3 is 5.97 Å². The average molecular weight is 295 g/mol. The molecule has 0 bridgehead atoms. The fraction of sp³-hybridized carbons (Fsp3) is 0.429. The van der Waals surface area contributed by atoms with Gasteiger partial charge in [0.25, 0.3) is 0 Å². The minimum absolute atomic E-state index is 0.0922. The van der Waals surface area contributed by atoms with Gasteiger partial charge in [0.2, 0.25) is 5.91 Å². The lowest BCUT2D eigenvalue weighted by molar-refractivity contribution is -0.142. The number of carbonyl (C=O) groups excluding carboxylic acids is 1. The Bertz CT molecular complexity index is 542. The third kappa shape index (κ3) is 3.69. The minimum Gasteiger partial charge on any atom is -0.481 e. The smallest absolute Gasteiger partial charge is 0.306 e. The molecule has 6 nitrogen and oxygen atoms in total. The molecule has 0 radical (unpaired) electrons. The van der Waals surface area contributed by atoms with Crippen LogP contribution in [0.5, 0.6) is 0 Å². The quantitative estimate of drug-likeness (QED) is 0.771. The zero-order valence-electron chi connectivity index (χ0n) is 11.5. The molecule has 7 heteroatoms. The molecule has 1 amide bonds. The molecular weight excluding hydrogens is 277 g/mol. The number of nitrogens with one attached hydrogen (secondary N) is 1. The van der Waals surface area contributed by atoms with E-state index in [2.05, 4.69) is 5.32 Å². The number of carbonyl (C=O) groups is 2. The van der Waals surface area contributed by atoms with E-state index in [4.69, 9.17) is 10.8 Å². The first-order valence-electron chi connectivity index (χ1n) is 6.78. The number of hydrogen-bond acceptors (Lipinski definition) is 4. The predicted octanol–water partition coefficient (Wildman–Crippen LogP) is 1.02. The summed E-state index contributed by atoms with van der Waals surface area (Å²) < 4.78 is 13.9. The Morgan fingerprint density at radius 2 is 2.05 bits per heavy atom. The van der Waals surface area contributed by atoms with Crippen molar-refractivity contribution in [2.75, 3.05) is 29.9 Å². The van der Waals surface area contributed by atoms with Crippen LogP contribution in [0.3, 0.4) is 0 Å². The first kappa shape index (κ1) is 15.2. The molecule has 1 fully saturated rings. The molecule has 0 unspecified atom stereocenters. The van der Waals surface area contributed by atoms with Crippen molar-refractivity contribution < 1.29 is 19.1 Å². The fourth-order valence-corrected chi connectivity index (χ4v) is 2.39. The molecule has 1 aromatic rings. The molecule has 114 valence electrons. The maximum Gasteiger partial charge on any atom is 0.306 e. The van der Waals surface area contributed by atoms with E-state index < -0.39 is 17.7 Å². The Hall–Kier alpha value is -2.15. The summed E-state index contributed by atoms with van der Waals surface area (Å²) >= 11 is 0. The number of nitrogens with two attached hydrogens (primary N) is 1. The van der Waals surface area contributed by atoms with E-state index in [1.807, 2.05) is 4.90 Å². The number of anilines is 2. The lowest BCUT2D eigenvalue weighted by atomic mass is 9.97. The van der Waals surface area contributed by atoms with Crippen LogP contribution in [0.1, 0.15) is 12.8 Å². The molecular formula is C14H18FN3O3. The van der Waals surface area contributed by atoms with Gasteiger partial charge in [-0.25, -0.2) is 4.39 Å². The summed E-state index contributed by atoms with van der Waals surface area (Å²) in [6.07, 6.45) is 1.09. The number of benzene rings is 1. The normalized spacial score (nSPS) is 15.8. The number of aliphatic carboxylic acids is 1. The molecule has 1 aromatic carbocycles. The van der Waals surface area contributed by atoms with Gasteiger partial charge in [-0.3, -0.25) is 9.59 Å². The second-order valence-corrected chi connectivity index (χ2v) is 5.02. The first-order valence-corrected chi connectivity index (χ1v) is 6.78. The van der Waals surface area contributed by atoms with Crippen LogP contribution in [0.2, 0.25) is 0 Å². The molecule has 1 saturated heterocycles. The van der Waals surface area contributed by atoms with Crippen molar-refractivity contribution in [1.82, 2.24) is 0 Å². The Morgan fingerprint density at radius 3 is 2.57 bits per heavy atom. The molecule has 4 N–H and O–H groups in total. The molecule has 0 aliphatic carbocycles. The van der Waals surface area contributed by atoms with Crippen molar-refractivity contribution in [1.29, 1.82) is 0 Å². The van der Waals surface area contributed by atoms with E-state index in [0.29, 0.717) is 31.6 Å². The van der Waals surface area contributed by atoms with Crippen molar-refractivity contribution in [3.05, 3.63) is 24.0 Å². The van der Waals surface area contributed by atoms with E-state index in [0.717, 1.165) is 0 Å². The zero-order chi connectivity index (χ0) is 15.4. The third-order valence-corrected chi connectivity index (χ3v) is 3.62. The molecule has 1 aliphatic rings. The van der Waals surface area contributed by atoms with Crippen molar-refractivity contribution >= 4 is 23.3 Å². The number of carboxylic acids is 1. The lowest BCUT2D eigenvalue weighted by Crippen LogP contribution is -2.36. The molecule has 0 atom stereocenters. The van der Waals surface area contributed by atoms with Gasteiger partial charge in [0, 0.05) is 18.8 Å². The van der Waals surface area contributed by atoms with Gasteiger partial charge < -0.3 is 21.1 Å². The van der Waals surface area contributed by atoms with Gasteiger partial charge in [0.1, 0.15) is 5.82 Å². The monoisotopic (exact) mass is 295 g/mol. The molecule has 1 heterocycles. The van der Waals surface area contributed by atoms with Gasteiger partial charge in [0.15, 0.2) is 0 Å². The van der Waals surface area contributed by atoms with E-state index in [9.17, 15) is 14.0 Å². The van der Waals surface area contributed by atoms with E-state index >= 15 is 0 Å². The maximum atomic E-state index is 13.9. The minimum atomic E-state index is -0.777. The van der Waals surface area contributed by atoms with Gasteiger partial charge in [-0.1, -0.05) is 0 Å². The largest absolute Gasteiger partial charge is 0.481 e. The number of piperidine rings is 1. The van der Waals surface area contributed by atoms with Crippen molar-refractivity contribution in [3.8, 4) is 0 Å².